The molecule has 0 amide bonds. The van der Waals surface area contributed by atoms with Crippen molar-refractivity contribution in [1.82, 2.24) is 4.98 Å². The highest BCUT2D eigenvalue weighted by Crippen LogP contribution is 2.30. The third kappa shape index (κ3) is 3.66. The molecule has 0 aromatic carbocycles. The lowest BCUT2D eigenvalue weighted by atomic mass is 9.79. The Morgan fingerprint density at radius 1 is 1.32 bits per heavy atom. The molecule has 3 unspecified atom stereocenters. The Kier molecular flexibility index (Phi) is 4.40. The van der Waals surface area contributed by atoms with Crippen LogP contribution in [0, 0.1) is 18.8 Å². The quantitative estimate of drug-likeness (QED) is 0.833. The molecule has 1 fully saturated rings. The van der Waals surface area contributed by atoms with Gasteiger partial charge in [-0.05, 0) is 50.2 Å². The minimum atomic E-state index is 0.430. The number of pyridine rings is 1. The SMILES string of the molecule is Cc1cc(C(N)=S)cc(NC2CCC(C)C(C)C2)n1. The minimum absolute atomic E-state index is 0.430. The second kappa shape index (κ2) is 5.87. The predicted octanol–water partition coefficient (Wildman–Crippen LogP) is 3.26. The van der Waals surface area contributed by atoms with Crippen molar-refractivity contribution in [2.45, 2.75) is 46.1 Å². The Labute approximate surface area is 121 Å². The fourth-order valence-electron chi connectivity index (χ4n) is 2.77. The lowest BCUT2D eigenvalue weighted by molar-refractivity contribution is 0.260. The Morgan fingerprint density at radius 3 is 2.68 bits per heavy atom. The third-order valence-corrected chi connectivity index (χ3v) is 4.42. The molecule has 2 rings (SSSR count). The molecular formula is C15H23N3S. The van der Waals surface area contributed by atoms with Crippen molar-refractivity contribution < 1.29 is 0 Å². The van der Waals surface area contributed by atoms with Crippen molar-refractivity contribution in [2.24, 2.45) is 17.6 Å². The number of rotatable bonds is 3. The molecule has 19 heavy (non-hydrogen) atoms. The Balaban J connectivity index is 2.09. The van der Waals surface area contributed by atoms with Gasteiger partial charge in [0.15, 0.2) is 0 Å². The highest BCUT2D eigenvalue weighted by atomic mass is 32.1. The molecule has 3 atom stereocenters. The first-order valence-electron chi connectivity index (χ1n) is 7.00. The maximum atomic E-state index is 5.70. The van der Waals surface area contributed by atoms with Crippen molar-refractivity contribution >= 4 is 23.0 Å². The van der Waals surface area contributed by atoms with Crippen molar-refractivity contribution in [3.63, 3.8) is 0 Å². The number of nitrogens with one attached hydrogen (secondary N) is 1. The van der Waals surface area contributed by atoms with Crippen LogP contribution in [0.3, 0.4) is 0 Å². The van der Waals surface area contributed by atoms with E-state index in [1.807, 2.05) is 19.1 Å². The fraction of sp³-hybridized carbons (Fsp3) is 0.600. The lowest BCUT2D eigenvalue weighted by Crippen LogP contribution is -2.30. The van der Waals surface area contributed by atoms with E-state index >= 15 is 0 Å². The summed E-state index contributed by atoms with van der Waals surface area (Å²) < 4.78 is 0. The van der Waals surface area contributed by atoms with Gasteiger partial charge in [0.2, 0.25) is 0 Å². The van der Waals surface area contributed by atoms with E-state index in [2.05, 4.69) is 24.1 Å². The van der Waals surface area contributed by atoms with Crippen LogP contribution < -0.4 is 11.1 Å². The standard InChI is InChI=1S/C15H23N3S/c1-9-4-5-13(6-10(9)2)18-14-8-12(15(16)19)7-11(3)17-14/h7-10,13H,4-6H2,1-3H3,(H2,16,19)(H,17,18). The van der Waals surface area contributed by atoms with Gasteiger partial charge in [0.1, 0.15) is 10.8 Å². The largest absolute Gasteiger partial charge is 0.389 e. The first-order valence-corrected chi connectivity index (χ1v) is 7.41. The minimum Gasteiger partial charge on any atom is -0.389 e. The summed E-state index contributed by atoms with van der Waals surface area (Å²) in [6.45, 7) is 6.65. The lowest BCUT2D eigenvalue weighted by Gasteiger charge is -2.32. The first kappa shape index (κ1) is 14.3. The van der Waals surface area contributed by atoms with Crippen LogP contribution in [0.1, 0.15) is 44.4 Å². The monoisotopic (exact) mass is 277 g/mol. The van der Waals surface area contributed by atoms with E-state index in [1.54, 1.807) is 0 Å². The second-order valence-electron chi connectivity index (χ2n) is 5.86. The molecule has 3 N–H and O–H groups in total. The normalized spacial score (nSPS) is 27.0. The number of hydrogen-bond donors (Lipinski definition) is 2. The van der Waals surface area contributed by atoms with Crippen LogP contribution in [-0.4, -0.2) is 16.0 Å². The van der Waals surface area contributed by atoms with Gasteiger partial charge >= 0.3 is 0 Å². The fourth-order valence-corrected chi connectivity index (χ4v) is 2.89. The second-order valence-corrected chi connectivity index (χ2v) is 6.30. The van der Waals surface area contributed by atoms with Crippen molar-refractivity contribution in [3.8, 4) is 0 Å². The molecule has 1 heterocycles. The number of hydrogen-bond acceptors (Lipinski definition) is 3. The van der Waals surface area contributed by atoms with Gasteiger partial charge in [-0.1, -0.05) is 26.1 Å². The smallest absolute Gasteiger partial charge is 0.127 e. The number of aryl methyl sites for hydroxylation is 1. The van der Waals surface area contributed by atoms with E-state index in [1.165, 1.54) is 19.3 Å². The third-order valence-electron chi connectivity index (χ3n) is 4.19. The summed E-state index contributed by atoms with van der Waals surface area (Å²) in [5.74, 6) is 2.50. The zero-order chi connectivity index (χ0) is 14.0. The average Bonchev–Trinajstić information content (AvgIpc) is 2.33. The molecule has 0 spiro atoms. The number of nitrogens with zero attached hydrogens (tertiary/aromatic N) is 1. The topological polar surface area (TPSA) is 50.9 Å². The number of aromatic nitrogens is 1. The maximum Gasteiger partial charge on any atom is 0.127 e. The molecule has 1 saturated carbocycles. The van der Waals surface area contributed by atoms with Crippen LogP contribution in [0.4, 0.5) is 5.82 Å². The number of nitrogens with two attached hydrogens (primary N) is 1. The van der Waals surface area contributed by atoms with Gasteiger partial charge in [0.05, 0.1) is 0 Å². The zero-order valence-electron chi connectivity index (χ0n) is 11.9. The molecule has 0 radical (unpaired) electrons. The van der Waals surface area contributed by atoms with Gasteiger partial charge in [-0.2, -0.15) is 0 Å². The van der Waals surface area contributed by atoms with Gasteiger partial charge in [0.25, 0.3) is 0 Å². The van der Waals surface area contributed by atoms with Gasteiger partial charge in [-0.15, -0.1) is 0 Å². The highest BCUT2D eigenvalue weighted by molar-refractivity contribution is 7.80. The summed E-state index contributed by atoms with van der Waals surface area (Å²) in [6, 6.07) is 4.40. The maximum absolute atomic E-state index is 5.70. The molecule has 1 aromatic rings. The van der Waals surface area contributed by atoms with E-state index in [-0.39, 0.29) is 0 Å². The van der Waals surface area contributed by atoms with E-state index in [9.17, 15) is 0 Å². The highest BCUT2D eigenvalue weighted by Gasteiger charge is 2.24. The van der Waals surface area contributed by atoms with E-state index in [4.69, 9.17) is 18.0 Å². The summed E-state index contributed by atoms with van der Waals surface area (Å²) in [4.78, 5) is 4.96. The van der Waals surface area contributed by atoms with Gasteiger partial charge in [-0.3, -0.25) is 0 Å². The van der Waals surface area contributed by atoms with E-state index in [0.29, 0.717) is 11.0 Å². The summed E-state index contributed by atoms with van der Waals surface area (Å²) >= 11 is 5.04. The molecule has 104 valence electrons. The van der Waals surface area contributed by atoms with Crippen LogP contribution in [0.25, 0.3) is 0 Å². The van der Waals surface area contributed by atoms with Crippen LogP contribution in [0.2, 0.25) is 0 Å². The Morgan fingerprint density at radius 2 is 2.05 bits per heavy atom. The molecule has 1 aliphatic carbocycles. The van der Waals surface area contributed by atoms with E-state index in [0.717, 1.165) is 28.9 Å². The summed E-state index contributed by atoms with van der Waals surface area (Å²) in [5, 5.41) is 3.54. The molecule has 1 aromatic heterocycles. The predicted molar refractivity (Wildman–Crippen MR) is 84.5 cm³/mol. The van der Waals surface area contributed by atoms with Crippen molar-refractivity contribution in [2.75, 3.05) is 5.32 Å². The number of thiocarbonyl (C=S) groups is 1. The Hall–Kier alpha value is -1.16. The summed E-state index contributed by atoms with van der Waals surface area (Å²) in [7, 11) is 0. The molecule has 3 nitrogen and oxygen atoms in total. The molecule has 1 aliphatic rings. The average molecular weight is 277 g/mol. The van der Waals surface area contributed by atoms with Crippen LogP contribution >= 0.6 is 12.2 Å². The molecule has 4 heteroatoms. The van der Waals surface area contributed by atoms with Crippen molar-refractivity contribution in [3.05, 3.63) is 23.4 Å². The molecule has 0 bridgehead atoms. The summed E-state index contributed by atoms with van der Waals surface area (Å²) in [5.41, 5.74) is 7.54. The van der Waals surface area contributed by atoms with Gasteiger partial charge < -0.3 is 11.1 Å². The Bertz CT molecular complexity index is 472. The number of anilines is 1. The van der Waals surface area contributed by atoms with E-state index < -0.39 is 0 Å². The molecule has 0 aliphatic heterocycles. The van der Waals surface area contributed by atoms with Crippen LogP contribution in [0.5, 0.6) is 0 Å². The molecular weight excluding hydrogens is 254 g/mol. The zero-order valence-corrected chi connectivity index (χ0v) is 12.8. The van der Waals surface area contributed by atoms with Crippen molar-refractivity contribution in [1.29, 1.82) is 0 Å². The molecule has 0 saturated heterocycles. The van der Waals surface area contributed by atoms with Gasteiger partial charge in [0, 0.05) is 17.3 Å². The van der Waals surface area contributed by atoms with Crippen LogP contribution in [0.15, 0.2) is 12.1 Å². The van der Waals surface area contributed by atoms with Gasteiger partial charge in [-0.25, -0.2) is 4.98 Å². The van der Waals surface area contributed by atoms with Crippen LogP contribution in [-0.2, 0) is 0 Å². The first-order chi connectivity index (χ1) is 8.95. The summed E-state index contributed by atoms with van der Waals surface area (Å²) in [6.07, 6.45) is 3.70.